The van der Waals surface area contributed by atoms with Crippen molar-refractivity contribution >= 4 is 36.3 Å². The maximum atomic E-state index is 13.0. The van der Waals surface area contributed by atoms with Gasteiger partial charge in [0.05, 0.1) is 12.2 Å². The lowest BCUT2D eigenvalue weighted by atomic mass is 10.1. The standard InChI is InChI=1S/C34H27N3O6/c38-33-30(43-34(39)37(33)20-27-21-41-31(35-27)17-13-24-7-3-1-4-8-24)19-26-11-15-29(16-12-26)40-22-28-23-42-32(36-28)18-14-25-9-5-2-6-10-25/h1-18,21,23,30H,19-20,22H2/b17-13+,18-14+. The van der Waals surface area contributed by atoms with Crippen molar-refractivity contribution in [3.8, 4) is 5.75 Å². The first-order valence-corrected chi connectivity index (χ1v) is 13.7. The number of ether oxygens (including phenoxy) is 2. The first kappa shape index (κ1) is 27.5. The molecule has 43 heavy (non-hydrogen) atoms. The van der Waals surface area contributed by atoms with E-state index in [4.69, 9.17) is 18.3 Å². The topological polar surface area (TPSA) is 108 Å². The summed E-state index contributed by atoms with van der Waals surface area (Å²) in [5, 5.41) is 0. The summed E-state index contributed by atoms with van der Waals surface area (Å²) in [5.74, 6) is 1.08. The van der Waals surface area contributed by atoms with Crippen molar-refractivity contribution < 1.29 is 27.9 Å². The third-order valence-corrected chi connectivity index (χ3v) is 6.63. The monoisotopic (exact) mass is 573 g/mol. The quantitative estimate of drug-likeness (QED) is 0.172. The first-order chi connectivity index (χ1) is 21.1. The van der Waals surface area contributed by atoms with E-state index in [2.05, 4.69) is 9.97 Å². The van der Waals surface area contributed by atoms with Crippen molar-refractivity contribution in [3.63, 3.8) is 0 Å². The Bertz CT molecular complexity index is 1740. The van der Waals surface area contributed by atoms with Crippen molar-refractivity contribution in [1.29, 1.82) is 0 Å². The molecule has 1 aliphatic heterocycles. The van der Waals surface area contributed by atoms with Crippen LogP contribution in [-0.2, 0) is 29.1 Å². The fourth-order valence-electron chi connectivity index (χ4n) is 4.43. The van der Waals surface area contributed by atoms with E-state index in [0.717, 1.165) is 21.6 Å². The molecular weight excluding hydrogens is 546 g/mol. The van der Waals surface area contributed by atoms with Gasteiger partial charge in [-0.2, -0.15) is 0 Å². The minimum atomic E-state index is -0.916. The highest BCUT2D eigenvalue weighted by atomic mass is 16.6. The average Bonchev–Trinajstić information content (AvgIpc) is 3.76. The van der Waals surface area contributed by atoms with Crippen LogP contribution in [-0.4, -0.2) is 33.0 Å². The fourth-order valence-corrected chi connectivity index (χ4v) is 4.43. The van der Waals surface area contributed by atoms with E-state index in [-0.39, 0.29) is 19.6 Å². The van der Waals surface area contributed by atoms with Crippen LogP contribution in [0.4, 0.5) is 4.79 Å². The summed E-state index contributed by atoms with van der Waals surface area (Å²) in [6, 6.07) is 26.9. The third kappa shape index (κ3) is 7.15. The Morgan fingerprint density at radius 1 is 0.721 bits per heavy atom. The highest BCUT2D eigenvalue weighted by molar-refractivity contribution is 6.00. The van der Waals surface area contributed by atoms with Crippen LogP contribution in [0.2, 0.25) is 0 Å². The lowest BCUT2D eigenvalue weighted by Crippen LogP contribution is -2.31. The number of amides is 2. The molecule has 0 saturated carbocycles. The van der Waals surface area contributed by atoms with Crippen LogP contribution in [0.25, 0.3) is 24.3 Å². The van der Waals surface area contributed by atoms with Crippen molar-refractivity contribution in [2.45, 2.75) is 25.7 Å². The molecule has 0 aliphatic carbocycles. The molecule has 2 aromatic heterocycles. The van der Waals surface area contributed by atoms with Gasteiger partial charge in [-0.05, 0) is 41.0 Å². The average molecular weight is 574 g/mol. The minimum Gasteiger partial charge on any atom is -0.487 e. The van der Waals surface area contributed by atoms with Gasteiger partial charge in [-0.3, -0.25) is 4.79 Å². The van der Waals surface area contributed by atoms with Gasteiger partial charge in [0.25, 0.3) is 5.91 Å². The highest BCUT2D eigenvalue weighted by Gasteiger charge is 2.40. The number of aromatic nitrogens is 2. The minimum absolute atomic E-state index is 0.0323. The van der Waals surface area contributed by atoms with E-state index in [1.807, 2.05) is 84.9 Å². The van der Waals surface area contributed by atoms with E-state index >= 15 is 0 Å². The number of hydrogen-bond donors (Lipinski definition) is 0. The molecule has 6 rings (SSSR count). The van der Waals surface area contributed by atoms with Gasteiger partial charge >= 0.3 is 6.09 Å². The molecule has 214 valence electrons. The number of benzene rings is 3. The normalized spacial score (nSPS) is 15.1. The van der Waals surface area contributed by atoms with Crippen molar-refractivity contribution in [2.24, 2.45) is 0 Å². The predicted octanol–water partition coefficient (Wildman–Crippen LogP) is 6.67. The van der Waals surface area contributed by atoms with Gasteiger partial charge in [-0.25, -0.2) is 19.7 Å². The van der Waals surface area contributed by atoms with E-state index in [0.29, 0.717) is 28.9 Å². The summed E-state index contributed by atoms with van der Waals surface area (Å²) in [5.41, 5.74) is 3.99. The van der Waals surface area contributed by atoms with Crippen molar-refractivity contribution in [2.75, 3.05) is 0 Å². The Balaban J connectivity index is 0.988. The number of nitrogens with zero attached hydrogens (tertiary/aromatic N) is 3. The Morgan fingerprint density at radius 2 is 1.30 bits per heavy atom. The fraction of sp³-hybridized carbons (Fsp3) is 0.118. The van der Waals surface area contributed by atoms with E-state index in [9.17, 15) is 9.59 Å². The Labute approximate surface area is 247 Å². The first-order valence-electron chi connectivity index (χ1n) is 13.7. The van der Waals surface area contributed by atoms with Crippen molar-refractivity contribution in [3.05, 3.63) is 137 Å². The molecule has 1 atom stereocenters. The molecule has 0 N–H and O–H groups in total. The highest BCUT2D eigenvalue weighted by Crippen LogP contribution is 2.22. The maximum absolute atomic E-state index is 13.0. The molecule has 9 nitrogen and oxygen atoms in total. The number of hydrogen-bond acceptors (Lipinski definition) is 8. The molecule has 0 bridgehead atoms. The molecule has 0 spiro atoms. The van der Waals surface area contributed by atoms with Gasteiger partial charge in [0, 0.05) is 18.6 Å². The van der Waals surface area contributed by atoms with Crippen LogP contribution in [0.15, 0.2) is 106 Å². The molecule has 5 aromatic rings. The van der Waals surface area contributed by atoms with Crippen LogP contribution in [0.3, 0.4) is 0 Å². The lowest BCUT2D eigenvalue weighted by molar-refractivity contribution is -0.130. The van der Waals surface area contributed by atoms with Gasteiger partial charge in [0.15, 0.2) is 6.10 Å². The molecule has 2 amide bonds. The van der Waals surface area contributed by atoms with Gasteiger partial charge in [0.2, 0.25) is 11.8 Å². The van der Waals surface area contributed by atoms with Gasteiger partial charge in [0.1, 0.15) is 30.6 Å². The Hall–Kier alpha value is -5.70. The lowest BCUT2D eigenvalue weighted by Gasteiger charge is -2.10. The number of carbonyl (C=O) groups excluding carboxylic acids is 2. The van der Waals surface area contributed by atoms with Crippen LogP contribution >= 0.6 is 0 Å². The van der Waals surface area contributed by atoms with E-state index in [1.54, 1.807) is 30.5 Å². The Morgan fingerprint density at radius 3 is 1.93 bits per heavy atom. The SMILES string of the molecule is O=C1OC(Cc2ccc(OCc3coc(/C=C/c4ccccc4)n3)cc2)C(=O)N1Cc1coc(/C=C/c2ccccc2)n1. The summed E-state index contributed by atoms with van der Waals surface area (Å²) in [6.45, 7) is 0.205. The predicted molar refractivity (Wildman–Crippen MR) is 159 cm³/mol. The zero-order chi connectivity index (χ0) is 29.4. The molecule has 1 unspecified atom stereocenters. The summed E-state index contributed by atoms with van der Waals surface area (Å²) in [4.78, 5) is 35.3. The number of rotatable bonds is 11. The van der Waals surface area contributed by atoms with Crippen LogP contribution in [0.1, 0.15) is 39.9 Å². The number of cyclic esters (lactones) is 1. The zero-order valence-corrected chi connectivity index (χ0v) is 23.0. The smallest absolute Gasteiger partial charge is 0.417 e. The summed E-state index contributed by atoms with van der Waals surface area (Å²) in [7, 11) is 0. The van der Waals surface area contributed by atoms with Gasteiger partial charge < -0.3 is 18.3 Å². The number of imide groups is 1. The third-order valence-electron chi connectivity index (χ3n) is 6.63. The van der Waals surface area contributed by atoms with Gasteiger partial charge in [-0.1, -0.05) is 72.8 Å². The maximum Gasteiger partial charge on any atom is 0.417 e. The second-order valence-corrected chi connectivity index (χ2v) is 9.78. The van der Waals surface area contributed by atoms with Crippen LogP contribution in [0, 0.1) is 0 Å². The molecule has 1 saturated heterocycles. The molecular formula is C34H27N3O6. The second kappa shape index (κ2) is 12.9. The summed E-state index contributed by atoms with van der Waals surface area (Å²) in [6.07, 6.45) is 8.94. The summed E-state index contributed by atoms with van der Waals surface area (Å²) >= 11 is 0. The zero-order valence-electron chi connectivity index (χ0n) is 23.0. The van der Waals surface area contributed by atoms with Crippen LogP contribution < -0.4 is 4.74 Å². The molecule has 1 aliphatic rings. The van der Waals surface area contributed by atoms with Crippen molar-refractivity contribution in [1.82, 2.24) is 14.9 Å². The van der Waals surface area contributed by atoms with E-state index in [1.165, 1.54) is 6.26 Å². The molecule has 9 heteroatoms. The van der Waals surface area contributed by atoms with Crippen LogP contribution in [0.5, 0.6) is 5.75 Å². The molecule has 3 aromatic carbocycles. The number of carbonyl (C=O) groups is 2. The Kier molecular flexibility index (Phi) is 8.22. The molecule has 3 heterocycles. The molecule has 0 radical (unpaired) electrons. The molecule has 1 fully saturated rings. The summed E-state index contributed by atoms with van der Waals surface area (Å²) < 4.78 is 22.2. The largest absolute Gasteiger partial charge is 0.487 e. The number of oxazole rings is 2. The van der Waals surface area contributed by atoms with E-state index < -0.39 is 18.1 Å². The second-order valence-electron chi connectivity index (χ2n) is 9.78. The van der Waals surface area contributed by atoms with Gasteiger partial charge in [-0.15, -0.1) is 0 Å².